The van der Waals surface area contributed by atoms with E-state index in [4.69, 9.17) is 10.5 Å². The Morgan fingerprint density at radius 1 is 1.24 bits per heavy atom. The molecule has 0 bridgehead atoms. The summed E-state index contributed by atoms with van der Waals surface area (Å²) in [6.45, 7) is 10.4. The van der Waals surface area contributed by atoms with Crippen molar-refractivity contribution in [2.45, 2.75) is 52.0 Å². The number of nitrogens with zero attached hydrogens (tertiary/aromatic N) is 1. The zero-order valence-corrected chi connectivity index (χ0v) is 13.8. The highest BCUT2D eigenvalue weighted by Crippen LogP contribution is 2.33. The number of hydrogen-bond donors (Lipinski definition) is 1. The highest BCUT2D eigenvalue weighted by atomic mass is 16.5. The van der Waals surface area contributed by atoms with Crippen molar-refractivity contribution in [1.29, 1.82) is 0 Å². The molecule has 1 aromatic rings. The SMILES string of the molecule is CCOc1ccc(C(CCN)N2CCCC2)cc1C(C)C. The Hall–Kier alpha value is -1.06. The largest absolute Gasteiger partial charge is 0.494 e. The molecule has 118 valence electrons. The Morgan fingerprint density at radius 2 is 1.95 bits per heavy atom. The Balaban J connectivity index is 2.29. The van der Waals surface area contributed by atoms with Gasteiger partial charge in [0, 0.05) is 6.04 Å². The van der Waals surface area contributed by atoms with E-state index in [0.717, 1.165) is 25.3 Å². The molecule has 0 amide bonds. The molecule has 0 spiro atoms. The van der Waals surface area contributed by atoms with Gasteiger partial charge >= 0.3 is 0 Å². The summed E-state index contributed by atoms with van der Waals surface area (Å²) in [5.74, 6) is 1.51. The molecular weight excluding hydrogens is 260 g/mol. The van der Waals surface area contributed by atoms with Gasteiger partial charge in [-0.1, -0.05) is 26.0 Å². The topological polar surface area (TPSA) is 38.5 Å². The molecule has 1 atom stereocenters. The first-order valence-corrected chi connectivity index (χ1v) is 8.38. The fourth-order valence-corrected chi connectivity index (χ4v) is 3.28. The minimum Gasteiger partial charge on any atom is -0.494 e. The van der Waals surface area contributed by atoms with Crippen LogP contribution in [-0.2, 0) is 0 Å². The highest BCUT2D eigenvalue weighted by Gasteiger charge is 2.23. The molecule has 0 radical (unpaired) electrons. The van der Waals surface area contributed by atoms with E-state index in [0.29, 0.717) is 12.0 Å². The summed E-state index contributed by atoms with van der Waals surface area (Å²) in [5, 5.41) is 0. The zero-order valence-electron chi connectivity index (χ0n) is 13.8. The Kier molecular flexibility index (Phi) is 6.07. The van der Waals surface area contributed by atoms with Crippen molar-refractivity contribution in [1.82, 2.24) is 4.90 Å². The normalized spacial score (nSPS) is 17.4. The summed E-state index contributed by atoms with van der Waals surface area (Å²) in [7, 11) is 0. The molecule has 1 fully saturated rings. The minimum absolute atomic E-state index is 0.464. The van der Waals surface area contributed by atoms with Gasteiger partial charge in [-0.25, -0.2) is 0 Å². The van der Waals surface area contributed by atoms with Crippen molar-refractivity contribution in [3.05, 3.63) is 29.3 Å². The first kappa shape index (κ1) is 16.3. The fourth-order valence-electron chi connectivity index (χ4n) is 3.28. The number of likely N-dealkylation sites (tertiary alicyclic amines) is 1. The first-order valence-electron chi connectivity index (χ1n) is 8.38. The van der Waals surface area contributed by atoms with Crippen molar-refractivity contribution >= 4 is 0 Å². The molecule has 3 nitrogen and oxygen atoms in total. The van der Waals surface area contributed by atoms with Crippen LogP contribution in [0.3, 0.4) is 0 Å². The summed E-state index contributed by atoms with van der Waals surface area (Å²) >= 11 is 0. The maximum atomic E-state index is 5.86. The molecule has 3 heteroatoms. The zero-order chi connectivity index (χ0) is 15.2. The van der Waals surface area contributed by atoms with Crippen molar-refractivity contribution in [2.24, 2.45) is 5.73 Å². The second-order valence-electron chi connectivity index (χ2n) is 6.22. The van der Waals surface area contributed by atoms with Crippen molar-refractivity contribution < 1.29 is 4.74 Å². The Labute approximate surface area is 129 Å². The molecular formula is C18H30N2O. The van der Waals surface area contributed by atoms with Crippen LogP contribution in [-0.4, -0.2) is 31.1 Å². The quantitative estimate of drug-likeness (QED) is 0.832. The third-order valence-corrected chi connectivity index (χ3v) is 4.36. The van der Waals surface area contributed by atoms with Gasteiger partial charge in [-0.05, 0) is 68.9 Å². The van der Waals surface area contributed by atoms with Crippen LogP contribution < -0.4 is 10.5 Å². The summed E-state index contributed by atoms with van der Waals surface area (Å²) in [5.41, 5.74) is 8.57. The van der Waals surface area contributed by atoms with Gasteiger partial charge in [-0.15, -0.1) is 0 Å². The molecule has 1 aliphatic rings. The van der Waals surface area contributed by atoms with Crippen LogP contribution in [0.5, 0.6) is 5.75 Å². The van der Waals surface area contributed by atoms with Gasteiger partial charge in [0.1, 0.15) is 5.75 Å². The van der Waals surface area contributed by atoms with Crippen LogP contribution in [0, 0.1) is 0 Å². The molecule has 1 aromatic carbocycles. The predicted molar refractivity (Wildman–Crippen MR) is 88.9 cm³/mol. The molecule has 1 aliphatic heterocycles. The first-order chi connectivity index (χ1) is 10.2. The van der Waals surface area contributed by atoms with Gasteiger partial charge in [0.25, 0.3) is 0 Å². The van der Waals surface area contributed by atoms with Gasteiger partial charge in [-0.2, -0.15) is 0 Å². The molecule has 21 heavy (non-hydrogen) atoms. The van der Waals surface area contributed by atoms with Gasteiger partial charge in [0.2, 0.25) is 0 Å². The summed E-state index contributed by atoms with van der Waals surface area (Å²) in [6.07, 6.45) is 3.66. The summed E-state index contributed by atoms with van der Waals surface area (Å²) < 4.78 is 5.78. The smallest absolute Gasteiger partial charge is 0.122 e. The van der Waals surface area contributed by atoms with Crippen molar-refractivity contribution in [3.8, 4) is 5.75 Å². The number of ether oxygens (including phenoxy) is 1. The number of nitrogens with two attached hydrogens (primary N) is 1. The average Bonchev–Trinajstić information content (AvgIpc) is 2.99. The molecule has 0 aliphatic carbocycles. The lowest BCUT2D eigenvalue weighted by Crippen LogP contribution is -2.27. The minimum atomic E-state index is 0.464. The molecule has 0 saturated carbocycles. The summed E-state index contributed by atoms with van der Waals surface area (Å²) in [6, 6.07) is 7.18. The summed E-state index contributed by atoms with van der Waals surface area (Å²) in [4.78, 5) is 2.59. The van der Waals surface area contributed by atoms with Gasteiger partial charge in [-0.3, -0.25) is 4.90 Å². The Bertz CT molecular complexity index is 439. The number of benzene rings is 1. The molecule has 0 aromatic heterocycles. The second kappa shape index (κ2) is 7.81. The van der Waals surface area contributed by atoms with Crippen LogP contribution in [0.4, 0.5) is 0 Å². The number of hydrogen-bond acceptors (Lipinski definition) is 3. The molecule has 1 saturated heterocycles. The van der Waals surface area contributed by atoms with E-state index in [1.807, 2.05) is 6.92 Å². The van der Waals surface area contributed by atoms with Crippen molar-refractivity contribution in [3.63, 3.8) is 0 Å². The Morgan fingerprint density at radius 3 is 2.52 bits per heavy atom. The predicted octanol–water partition coefficient (Wildman–Crippen LogP) is 3.69. The second-order valence-corrected chi connectivity index (χ2v) is 6.22. The maximum absolute atomic E-state index is 5.86. The third-order valence-electron chi connectivity index (χ3n) is 4.36. The lowest BCUT2D eigenvalue weighted by atomic mass is 9.94. The third kappa shape index (κ3) is 3.98. The van der Waals surface area contributed by atoms with Crippen LogP contribution >= 0.6 is 0 Å². The molecule has 1 unspecified atom stereocenters. The van der Waals surface area contributed by atoms with E-state index in [2.05, 4.69) is 36.9 Å². The van der Waals surface area contributed by atoms with E-state index < -0.39 is 0 Å². The monoisotopic (exact) mass is 290 g/mol. The maximum Gasteiger partial charge on any atom is 0.122 e. The van der Waals surface area contributed by atoms with E-state index >= 15 is 0 Å². The van der Waals surface area contributed by atoms with Crippen molar-refractivity contribution in [2.75, 3.05) is 26.2 Å². The van der Waals surface area contributed by atoms with Crippen LogP contribution in [0.15, 0.2) is 18.2 Å². The molecule has 2 N–H and O–H groups in total. The molecule has 1 heterocycles. The highest BCUT2D eigenvalue weighted by molar-refractivity contribution is 5.40. The number of rotatable bonds is 7. The van der Waals surface area contributed by atoms with Gasteiger partial charge in [0.15, 0.2) is 0 Å². The average molecular weight is 290 g/mol. The van der Waals surface area contributed by atoms with E-state index in [1.54, 1.807) is 0 Å². The lowest BCUT2D eigenvalue weighted by molar-refractivity contribution is 0.235. The van der Waals surface area contributed by atoms with Gasteiger partial charge in [0.05, 0.1) is 6.61 Å². The van der Waals surface area contributed by atoms with Crippen LogP contribution in [0.1, 0.15) is 63.1 Å². The van der Waals surface area contributed by atoms with Gasteiger partial charge < -0.3 is 10.5 Å². The fraction of sp³-hybridized carbons (Fsp3) is 0.667. The van der Waals surface area contributed by atoms with E-state index in [9.17, 15) is 0 Å². The van der Waals surface area contributed by atoms with Crippen LogP contribution in [0.25, 0.3) is 0 Å². The van der Waals surface area contributed by atoms with E-state index in [-0.39, 0.29) is 0 Å². The lowest BCUT2D eigenvalue weighted by Gasteiger charge is -2.28. The van der Waals surface area contributed by atoms with E-state index in [1.165, 1.54) is 37.1 Å². The van der Waals surface area contributed by atoms with Crippen LogP contribution in [0.2, 0.25) is 0 Å². The molecule has 2 rings (SSSR count). The standard InChI is InChI=1S/C18H30N2O/c1-4-21-18-8-7-15(13-16(18)14(2)3)17(9-10-19)20-11-5-6-12-20/h7-8,13-14,17H,4-6,9-12,19H2,1-3H3.